The fraction of sp³-hybridized carbons (Fsp3) is 0.357. The van der Waals surface area contributed by atoms with Crippen LogP contribution in [0.25, 0.3) is 5.69 Å². The zero-order valence-corrected chi connectivity index (χ0v) is 11.5. The fourth-order valence-corrected chi connectivity index (χ4v) is 3.30. The van der Waals surface area contributed by atoms with E-state index in [2.05, 4.69) is 33.0 Å². The molecule has 20 heavy (non-hydrogen) atoms. The second-order valence-electron chi connectivity index (χ2n) is 5.41. The highest BCUT2D eigenvalue weighted by Crippen LogP contribution is 2.44. The van der Waals surface area contributed by atoms with Gasteiger partial charge in [0.2, 0.25) is 0 Å². The van der Waals surface area contributed by atoms with E-state index in [9.17, 15) is 0 Å². The van der Waals surface area contributed by atoms with Gasteiger partial charge in [0.05, 0.1) is 16.4 Å². The Morgan fingerprint density at radius 2 is 2.30 bits per heavy atom. The molecule has 0 spiro atoms. The molecular formula is C14H14ClN5. The molecule has 1 heterocycles. The van der Waals surface area contributed by atoms with Gasteiger partial charge in [-0.3, -0.25) is 0 Å². The molecule has 2 aliphatic carbocycles. The second kappa shape index (κ2) is 4.59. The first-order valence-corrected chi connectivity index (χ1v) is 7.15. The van der Waals surface area contributed by atoms with E-state index in [1.54, 1.807) is 11.0 Å². The Morgan fingerprint density at radius 1 is 1.35 bits per heavy atom. The Bertz CT molecular complexity index is 652. The standard InChI is InChI=1S/C14H14ClN5/c15-12-5-4-10(20-8-16-18-19-20)7-14(12)17-13-6-9-2-1-3-11(9)13/h1,3-5,7-9,11,13,17H,2,6H2. The number of nitrogens with one attached hydrogen (secondary N) is 1. The quantitative estimate of drug-likeness (QED) is 0.882. The average molecular weight is 288 g/mol. The molecule has 3 unspecified atom stereocenters. The summed E-state index contributed by atoms with van der Waals surface area (Å²) in [7, 11) is 0. The monoisotopic (exact) mass is 287 g/mol. The van der Waals surface area contributed by atoms with Gasteiger partial charge in [-0.1, -0.05) is 23.8 Å². The lowest BCUT2D eigenvalue weighted by atomic mass is 9.71. The molecule has 0 bridgehead atoms. The zero-order chi connectivity index (χ0) is 13.5. The van der Waals surface area contributed by atoms with Crippen LogP contribution >= 0.6 is 11.6 Å². The van der Waals surface area contributed by atoms with Crippen molar-refractivity contribution in [1.82, 2.24) is 20.2 Å². The number of nitrogens with zero attached hydrogens (tertiary/aromatic N) is 4. The van der Waals surface area contributed by atoms with E-state index < -0.39 is 0 Å². The predicted molar refractivity (Wildman–Crippen MR) is 76.9 cm³/mol. The Labute approximate surface area is 121 Å². The summed E-state index contributed by atoms with van der Waals surface area (Å²) in [6.07, 6.45) is 8.62. The number of aromatic nitrogens is 4. The van der Waals surface area contributed by atoms with E-state index in [4.69, 9.17) is 11.6 Å². The molecule has 1 fully saturated rings. The van der Waals surface area contributed by atoms with Crippen LogP contribution in [0.4, 0.5) is 5.69 Å². The summed E-state index contributed by atoms with van der Waals surface area (Å²) < 4.78 is 1.63. The van der Waals surface area contributed by atoms with E-state index in [1.165, 1.54) is 12.8 Å². The molecule has 2 aromatic rings. The van der Waals surface area contributed by atoms with Crippen molar-refractivity contribution in [1.29, 1.82) is 0 Å². The normalized spacial score (nSPS) is 27.1. The number of hydrogen-bond donors (Lipinski definition) is 1. The molecular weight excluding hydrogens is 274 g/mol. The Morgan fingerprint density at radius 3 is 3.10 bits per heavy atom. The maximum Gasteiger partial charge on any atom is 0.143 e. The highest BCUT2D eigenvalue weighted by atomic mass is 35.5. The van der Waals surface area contributed by atoms with Crippen LogP contribution in [0, 0.1) is 11.8 Å². The van der Waals surface area contributed by atoms with Crippen molar-refractivity contribution < 1.29 is 0 Å². The van der Waals surface area contributed by atoms with Crippen molar-refractivity contribution in [2.75, 3.05) is 5.32 Å². The van der Waals surface area contributed by atoms with E-state index in [1.807, 2.05) is 18.2 Å². The summed E-state index contributed by atoms with van der Waals surface area (Å²) in [6.45, 7) is 0. The van der Waals surface area contributed by atoms with Crippen LogP contribution in [-0.2, 0) is 0 Å². The van der Waals surface area contributed by atoms with Crippen LogP contribution < -0.4 is 5.32 Å². The van der Waals surface area contributed by atoms with Crippen LogP contribution in [0.3, 0.4) is 0 Å². The average Bonchev–Trinajstić information content (AvgIpc) is 3.07. The number of fused-ring (bicyclic) bond motifs is 1. The van der Waals surface area contributed by atoms with Gasteiger partial charge in [-0.2, -0.15) is 0 Å². The predicted octanol–water partition coefficient (Wildman–Crippen LogP) is 2.69. The fourth-order valence-electron chi connectivity index (χ4n) is 3.13. The van der Waals surface area contributed by atoms with Crippen molar-refractivity contribution in [2.45, 2.75) is 18.9 Å². The largest absolute Gasteiger partial charge is 0.380 e. The van der Waals surface area contributed by atoms with Gasteiger partial charge >= 0.3 is 0 Å². The van der Waals surface area contributed by atoms with Gasteiger partial charge in [0.1, 0.15) is 6.33 Å². The number of benzene rings is 1. The lowest BCUT2D eigenvalue weighted by molar-refractivity contribution is 0.218. The number of hydrogen-bond acceptors (Lipinski definition) is 4. The molecule has 1 aromatic heterocycles. The SMILES string of the molecule is Clc1ccc(-n2cnnn2)cc1NC1CC2CC=CC21. The highest BCUT2D eigenvalue weighted by molar-refractivity contribution is 6.33. The van der Waals surface area contributed by atoms with Crippen LogP contribution in [-0.4, -0.2) is 26.2 Å². The van der Waals surface area contributed by atoms with Crippen molar-refractivity contribution in [3.05, 3.63) is 41.7 Å². The number of allylic oxidation sites excluding steroid dienone is 1. The van der Waals surface area contributed by atoms with Crippen LogP contribution in [0.5, 0.6) is 0 Å². The summed E-state index contributed by atoms with van der Waals surface area (Å²) in [5.41, 5.74) is 1.85. The molecule has 1 aromatic carbocycles. The van der Waals surface area contributed by atoms with Crippen LogP contribution in [0.1, 0.15) is 12.8 Å². The molecule has 6 heteroatoms. The molecule has 0 aliphatic heterocycles. The van der Waals surface area contributed by atoms with Gasteiger partial charge in [0.25, 0.3) is 0 Å². The van der Waals surface area contributed by atoms with Gasteiger partial charge in [0.15, 0.2) is 0 Å². The molecule has 5 nitrogen and oxygen atoms in total. The molecule has 2 aliphatic rings. The van der Waals surface area contributed by atoms with Crippen molar-refractivity contribution in [3.8, 4) is 5.69 Å². The third-order valence-corrected chi connectivity index (χ3v) is 4.60. The summed E-state index contributed by atoms with van der Waals surface area (Å²) >= 11 is 6.28. The van der Waals surface area contributed by atoms with Gasteiger partial charge < -0.3 is 5.32 Å². The van der Waals surface area contributed by atoms with Crippen LogP contribution in [0.2, 0.25) is 5.02 Å². The lowest BCUT2D eigenvalue weighted by Gasteiger charge is -2.41. The molecule has 0 amide bonds. The van der Waals surface area contributed by atoms with Gasteiger partial charge in [0, 0.05) is 12.0 Å². The first-order chi connectivity index (χ1) is 9.81. The molecule has 3 atom stereocenters. The van der Waals surface area contributed by atoms with E-state index in [0.29, 0.717) is 12.0 Å². The summed E-state index contributed by atoms with van der Waals surface area (Å²) in [5, 5.41) is 15.5. The summed E-state index contributed by atoms with van der Waals surface area (Å²) in [5.74, 6) is 1.48. The van der Waals surface area contributed by atoms with Gasteiger partial charge in [-0.25, -0.2) is 4.68 Å². The maximum atomic E-state index is 6.28. The second-order valence-corrected chi connectivity index (χ2v) is 5.81. The van der Waals surface area contributed by atoms with Crippen molar-refractivity contribution in [3.63, 3.8) is 0 Å². The minimum atomic E-state index is 0.486. The number of halogens is 1. The highest BCUT2D eigenvalue weighted by Gasteiger charge is 2.41. The molecule has 0 saturated heterocycles. The van der Waals surface area contributed by atoms with E-state index >= 15 is 0 Å². The maximum absolute atomic E-state index is 6.28. The zero-order valence-electron chi connectivity index (χ0n) is 10.8. The lowest BCUT2D eigenvalue weighted by Crippen LogP contribution is -2.43. The molecule has 1 saturated carbocycles. The van der Waals surface area contributed by atoms with E-state index in [0.717, 1.165) is 22.3 Å². The smallest absolute Gasteiger partial charge is 0.143 e. The third kappa shape index (κ3) is 1.89. The Balaban J connectivity index is 1.58. The minimum Gasteiger partial charge on any atom is -0.380 e. The number of rotatable bonds is 3. The number of tetrazole rings is 1. The first-order valence-electron chi connectivity index (χ1n) is 6.77. The van der Waals surface area contributed by atoms with Crippen LogP contribution in [0.15, 0.2) is 36.7 Å². The van der Waals surface area contributed by atoms with Gasteiger partial charge in [-0.05, 0) is 47.4 Å². The molecule has 1 N–H and O–H groups in total. The topological polar surface area (TPSA) is 55.6 Å². The Kier molecular flexibility index (Phi) is 2.73. The summed E-state index contributed by atoms with van der Waals surface area (Å²) in [4.78, 5) is 0. The first kappa shape index (κ1) is 11.9. The minimum absolute atomic E-state index is 0.486. The molecule has 4 rings (SSSR count). The van der Waals surface area contributed by atoms with Crippen molar-refractivity contribution >= 4 is 17.3 Å². The number of anilines is 1. The molecule has 102 valence electrons. The van der Waals surface area contributed by atoms with E-state index in [-0.39, 0.29) is 0 Å². The molecule has 0 radical (unpaired) electrons. The van der Waals surface area contributed by atoms with Gasteiger partial charge in [-0.15, -0.1) is 5.10 Å². The Hall–Kier alpha value is -1.88. The summed E-state index contributed by atoms with van der Waals surface area (Å²) in [6, 6.07) is 6.26. The third-order valence-electron chi connectivity index (χ3n) is 4.27. The van der Waals surface area contributed by atoms with Crippen molar-refractivity contribution in [2.24, 2.45) is 11.8 Å².